The Hall–Kier alpha value is -4.39. The lowest BCUT2D eigenvalue weighted by atomic mass is 9.84. The second-order valence-corrected chi connectivity index (χ2v) is 10.7. The van der Waals surface area contributed by atoms with Gasteiger partial charge in [-0.05, 0) is 47.4 Å². The SMILES string of the molecule is COC(=O)N[C@H](C(=O)N1C(c2ncc(-c3ccc(-c4ccccc4)cc3)[nH]2)CC2CCCCC21)c1ccccc1. The Labute approximate surface area is 234 Å². The van der Waals surface area contributed by atoms with Crippen LogP contribution in [0.4, 0.5) is 4.79 Å². The number of carbonyl (C=O) groups is 2. The van der Waals surface area contributed by atoms with Gasteiger partial charge in [-0.25, -0.2) is 9.78 Å². The molecule has 0 radical (unpaired) electrons. The van der Waals surface area contributed by atoms with E-state index in [9.17, 15) is 9.59 Å². The molecule has 204 valence electrons. The first-order valence-corrected chi connectivity index (χ1v) is 14.0. The van der Waals surface area contributed by atoms with E-state index < -0.39 is 12.1 Å². The van der Waals surface area contributed by atoms with E-state index in [1.54, 1.807) is 0 Å². The smallest absolute Gasteiger partial charge is 0.407 e. The minimum atomic E-state index is -0.836. The van der Waals surface area contributed by atoms with Crippen molar-refractivity contribution in [3.8, 4) is 22.4 Å². The molecule has 2 amide bonds. The third-order valence-corrected chi connectivity index (χ3v) is 8.38. The summed E-state index contributed by atoms with van der Waals surface area (Å²) in [5.74, 6) is 1.08. The quantitative estimate of drug-likeness (QED) is 0.289. The highest BCUT2D eigenvalue weighted by atomic mass is 16.5. The summed E-state index contributed by atoms with van der Waals surface area (Å²) < 4.78 is 4.88. The molecule has 2 fully saturated rings. The van der Waals surface area contributed by atoms with Crippen molar-refractivity contribution in [1.82, 2.24) is 20.2 Å². The third kappa shape index (κ3) is 5.11. The van der Waals surface area contributed by atoms with E-state index in [2.05, 4.69) is 46.7 Å². The molecule has 2 aliphatic rings. The van der Waals surface area contributed by atoms with Crippen molar-refractivity contribution < 1.29 is 14.3 Å². The molecule has 2 N–H and O–H groups in total. The highest BCUT2D eigenvalue weighted by Gasteiger charge is 2.48. The van der Waals surface area contributed by atoms with Crippen molar-refractivity contribution in [2.45, 2.75) is 50.2 Å². The number of nitrogens with one attached hydrogen (secondary N) is 2. The fourth-order valence-corrected chi connectivity index (χ4v) is 6.41. The number of aromatic nitrogens is 2. The number of hydrogen-bond donors (Lipinski definition) is 2. The molecule has 1 saturated heterocycles. The highest BCUT2D eigenvalue weighted by molar-refractivity contribution is 5.87. The number of likely N-dealkylation sites (tertiary alicyclic amines) is 1. The standard InChI is InChI=1S/C33H34N4O3/c1-40-33(39)36-30(25-12-6-3-7-13-25)32(38)37-28-15-9-8-14-26(28)20-29(37)31-34-21-27(35-31)24-18-16-23(17-19-24)22-10-4-2-5-11-22/h2-7,10-13,16-19,21,26,28-30H,8-9,14-15,20H2,1H3,(H,34,35)(H,36,39)/t26?,28?,29?,30-/m0/s1. The summed E-state index contributed by atoms with van der Waals surface area (Å²) in [7, 11) is 1.31. The Morgan fingerprint density at radius 1 is 0.900 bits per heavy atom. The molecule has 4 aromatic rings. The van der Waals surface area contributed by atoms with E-state index >= 15 is 0 Å². The Morgan fingerprint density at radius 2 is 1.55 bits per heavy atom. The van der Waals surface area contributed by atoms with Crippen molar-refractivity contribution in [3.63, 3.8) is 0 Å². The van der Waals surface area contributed by atoms with E-state index in [0.29, 0.717) is 5.92 Å². The molecule has 0 spiro atoms. The maximum Gasteiger partial charge on any atom is 0.407 e. The molecule has 1 saturated carbocycles. The molecule has 40 heavy (non-hydrogen) atoms. The average Bonchev–Trinajstić information content (AvgIpc) is 3.66. The molecule has 0 bridgehead atoms. The van der Waals surface area contributed by atoms with Crippen LogP contribution < -0.4 is 5.32 Å². The van der Waals surface area contributed by atoms with Gasteiger partial charge in [0.05, 0.1) is 25.0 Å². The summed E-state index contributed by atoms with van der Waals surface area (Å²) in [4.78, 5) is 36.9. The van der Waals surface area contributed by atoms with Gasteiger partial charge in [0.2, 0.25) is 0 Å². The maximum absolute atomic E-state index is 14.3. The number of hydrogen-bond acceptors (Lipinski definition) is 4. The highest BCUT2D eigenvalue weighted by Crippen LogP contribution is 2.47. The van der Waals surface area contributed by atoms with Gasteiger partial charge in [-0.15, -0.1) is 0 Å². The minimum Gasteiger partial charge on any atom is -0.453 e. The zero-order chi connectivity index (χ0) is 27.5. The molecule has 3 unspecified atom stereocenters. The number of alkyl carbamates (subject to hydrolysis) is 1. The zero-order valence-corrected chi connectivity index (χ0v) is 22.6. The predicted molar refractivity (Wildman–Crippen MR) is 154 cm³/mol. The monoisotopic (exact) mass is 534 g/mol. The number of nitrogens with zero attached hydrogens (tertiary/aromatic N) is 2. The normalized spacial score (nSPS) is 20.9. The van der Waals surface area contributed by atoms with Gasteiger partial charge >= 0.3 is 6.09 Å². The predicted octanol–water partition coefficient (Wildman–Crippen LogP) is 6.67. The van der Waals surface area contributed by atoms with Gasteiger partial charge in [-0.3, -0.25) is 4.79 Å². The molecule has 2 heterocycles. The second-order valence-electron chi connectivity index (χ2n) is 10.7. The van der Waals surface area contributed by atoms with Gasteiger partial charge in [-0.2, -0.15) is 0 Å². The second kappa shape index (κ2) is 11.4. The zero-order valence-electron chi connectivity index (χ0n) is 22.6. The molecule has 6 rings (SSSR count). The lowest BCUT2D eigenvalue weighted by Gasteiger charge is -2.36. The van der Waals surface area contributed by atoms with Crippen molar-refractivity contribution >= 4 is 12.0 Å². The van der Waals surface area contributed by atoms with Gasteiger partial charge < -0.3 is 19.9 Å². The molecule has 1 aromatic heterocycles. The fourth-order valence-electron chi connectivity index (χ4n) is 6.41. The van der Waals surface area contributed by atoms with Gasteiger partial charge in [0, 0.05) is 6.04 Å². The molecule has 1 aliphatic carbocycles. The van der Waals surface area contributed by atoms with Crippen LogP contribution in [0.15, 0.2) is 91.1 Å². The minimum absolute atomic E-state index is 0.121. The number of benzene rings is 3. The van der Waals surface area contributed by atoms with Crippen molar-refractivity contribution in [2.24, 2.45) is 5.92 Å². The molecular formula is C33H34N4O3. The first kappa shape index (κ1) is 25.9. The molecule has 1 aliphatic heterocycles. The van der Waals surface area contributed by atoms with E-state index in [1.165, 1.54) is 19.1 Å². The van der Waals surface area contributed by atoms with E-state index in [0.717, 1.165) is 53.9 Å². The lowest BCUT2D eigenvalue weighted by molar-refractivity contribution is -0.137. The Balaban J connectivity index is 1.30. The summed E-state index contributed by atoms with van der Waals surface area (Å²) in [5.41, 5.74) is 5.03. The fraction of sp³-hybridized carbons (Fsp3) is 0.303. The number of H-pyrrole nitrogens is 1. The number of rotatable bonds is 6. The number of imidazole rings is 1. The summed E-state index contributed by atoms with van der Waals surface area (Å²) in [6.07, 6.45) is 6.42. The van der Waals surface area contributed by atoms with Crippen LogP contribution in [-0.2, 0) is 9.53 Å². The first-order valence-electron chi connectivity index (χ1n) is 14.0. The van der Waals surface area contributed by atoms with Crippen LogP contribution in [0.25, 0.3) is 22.4 Å². The number of carbonyl (C=O) groups excluding carboxylic acids is 2. The van der Waals surface area contributed by atoms with Crippen molar-refractivity contribution in [3.05, 3.63) is 103 Å². The van der Waals surface area contributed by atoms with Crippen LogP contribution in [-0.4, -0.2) is 40.0 Å². The van der Waals surface area contributed by atoms with E-state index in [1.807, 2.05) is 59.6 Å². The van der Waals surface area contributed by atoms with Crippen molar-refractivity contribution in [1.29, 1.82) is 0 Å². The van der Waals surface area contributed by atoms with E-state index in [4.69, 9.17) is 9.72 Å². The number of methoxy groups -OCH3 is 1. The Morgan fingerprint density at radius 3 is 2.27 bits per heavy atom. The summed E-state index contributed by atoms with van der Waals surface area (Å²) in [6, 6.07) is 27.2. The summed E-state index contributed by atoms with van der Waals surface area (Å²) in [5, 5.41) is 2.79. The van der Waals surface area contributed by atoms with Crippen LogP contribution in [0.5, 0.6) is 0 Å². The number of amides is 2. The summed E-state index contributed by atoms with van der Waals surface area (Å²) in [6.45, 7) is 0. The largest absolute Gasteiger partial charge is 0.453 e. The van der Waals surface area contributed by atoms with Crippen LogP contribution in [0, 0.1) is 5.92 Å². The number of aromatic amines is 1. The van der Waals surface area contributed by atoms with Gasteiger partial charge in [0.25, 0.3) is 5.91 Å². The third-order valence-electron chi connectivity index (χ3n) is 8.38. The van der Waals surface area contributed by atoms with Crippen LogP contribution in [0.1, 0.15) is 55.6 Å². The van der Waals surface area contributed by atoms with Crippen LogP contribution >= 0.6 is 0 Å². The Bertz CT molecular complexity index is 1450. The molecule has 7 heteroatoms. The molecular weight excluding hydrogens is 500 g/mol. The van der Waals surface area contributed by atoms with Crippen LogP contribution in [0.2, 0.25) is 0 Å². The summed E-state index contributed by atoms with van der Waals surface area (Å²) >= 11 is 0. The molecule has 7 nitrogen and oxygen atoms in total. The topological polar surface area (TPSA) is 87.3 Å². The van der Waals surface area contributed by atoms with Gasteiger partial charge in [0.1, 0.15) is 11.9 Å². The molecule has 4 atom stereocenters. The number of fused-ring (bicyclic) bond motifs is 1. The lowest BCUT2D eigenvalue weighted by Crippen LogP contribution is -2.47. The van der Waals surface area contributed by atoms with Gasteiger partial charge in [0.15, 0.2) is 0 Å². The van der Waals surface area contributed by atoms with Crippen molar-refractivity contribution in [2.75, 3.05) is 7.11 Å². The van der Waals surface area contributed by atoms with E-state index in [-0.39, 0.29) is 18.0 Å². The van der Waals surface area contributed by atoms with Crippen LogP contribution in [0.3, 0.4) is 0 Å². The number of ether oxygens (including phenoxy) is 1. The molecule has 3 aromatic carbocycles. The first-order chi connectivity index (χ1) is 19.6. The maximum atomic E-state index is 14.3. The Kier molecular flexibility index (Phi) is 7.36. The average molecular weight is 535 g/mol. The van der Waals surface area contributed by atoms with Gasteiger partial charge in [-0.1, -0.05) is 97.8 Å².